The molecule has 1 N–H and O–H groups in total. The Labute approximate surface area is 105 Å². The second kappa shape index (κ2) is 6.23. The molecule has 0 amide bonds. The standard InChI is InChI=1S/C11H16ClNO2S/c1-8(2)13(6-5-11(14)15)7-9-3-4-10(12)16-9/h3-4,8H,5-7H2,1-2H3,(H,14,15). The SMILES string of the molecule is CC(C)N(CCC(=O)O)Cc1ccc(Cl)s1. The van der Waals surface area contributed by atoms with E-state index in [-0.39, 0.29) is 6.42 Å². The van der Waals surface area contributed by atoms with Crippen LogP contribution in [0.1, 0.15) is 25.1 Å². The molecule has 0 saturated heterocycles. The van der Waals surface area contributed by atoms with Crippen molar-refractivity contribution in [3.63, 3.8) is 0 Å². The molecule has 0 aliphatic carbocycles. The molecule has 0 aliphatic heterocycles. The number of hydrogen-bond acceptors (Lipinski definition) is 3. The van der Waals surface area contributed by atoms with Gasteiger partial charge in [0.25, 0.3) is 0 Å². The number of thiophene rings is 1. The lowest BCUT2D eigenvalue weighted by Gasteiger charge is -2.25. The molecule has 0 spiro atoms. The van der Waals surface area contributed by atoms with Crippen molar-refractivity contribution < 1.29 is 9.90 Å². The van der Waals surface area contributed by atoms with Gasteiger partial charge in [0.1, 0.15) is 0 Å². The smallest absolute Gasteiger partial charge is 0.304 e. The number of nitrogens with zero attached hydrogens (tertiary/aromatic N) is 1. The van der Waals surface area contributed by atoms with Gasteiger partial charge < -0.3 is 5.11 Å². The molecule has 1 heterocycles. The minimum absolute atomic E-state index is 0.178. The van der Waals surface area contributed by atoms with E-state index in [0.717, 1.165) is 10.9 Å². The van der Waals surface area contributed by atoms with Gasteiger partial charge in [-0.25, -0.2) is 0 Å². The average Bonchev–Trinajstić information content (AvgIpc) is 2.57. The Morgan fingerprint density at radius 2 is 2.25 bits per heavy atom. The Balaban J connectivity index is 2.54. The molecular weight excluding hydrogens is 246 g/mol. The van der Waals surface area contributed by atoms with Gasteiger partial charge in [-0.2, -0.15) is 0 Å². The topological polar surface area (TPSA) is 40.5 Å². The highest BCUT2D eigenvalue weighted by atomic mass is 35.5. The summed E-state index contributed by atoms with van der Waals surface area (Å²) in [6.45, 7) is 5.47. The van der Waals surface area contributed by atoms with Crippen LogP contribution in [0.3, 0.4) is 0 Å². The summed E-state index contributed by atoms with van der Waals surface area (Å²) < 4.78 is 0.775. The third-order valence-electron chi connectivity index (χ3n) is 2.33. The second-order valence-electron chi connectivity index (χ2n) is 3.91. The summed E-state index contributed by atoms with van der Waals surface area (Å²) in [5.74, 6) is -0.755. The molecule has 90 valence electrons. The summed E-state index contributed by atoms with van der Waals surface area (Å²) in [5.41, 5.74) is 0. The van der Waals surface area contributed by atoms with Gasteiger partial charge in [-0.05, 0) is 26.0 Å². The summed E-state index contributed by atoms with van der Waals surface area (Å²) in [7, 11) is 0. The first-order valence-corrected chi connectivity index (χ1v) is 6.38. The molecule has 1 rings (SSSR count). The quantitative estimate of drug-likeness (QED) is 0.856. The fraction of sp³-hybridized carbons (Fsp3) is 0.545. The van der Waals surface area contributed by atoms with Crippen LogP contribution in [0.15, 0.2) is 12.1 Å². The maximum absolute atomic E-state index is 10.5. The van der Waals surface area contributed by atoms with E-state index >= 15 is 0 Å². The van der Waals surface area contributed by atoms with Crippen LogP contribution in [0.2, 0.25) is 4.34 Å². The van der Waals surface area contributed by atoms with Crippen LogP contribution in [0, 0.1) is 0 Å². The maximum atomic E-state index is 10.5. The average molecular weight is 262 g/mol. The van der Waals surface area contributed by atoms with Crippen molar-refractivity contribution in [1.82, 2.24) is 4.90 Å². The molecule has 5 heteroatoms. The van der Waals surface area contributed by atoms with Crippen molar-refractivity contribution in [1.29, 1.82) is 0 Å². The van der Waals surface area contributed by atoms with Gasteiger partial charge in [0.05, 0.1) is 10.8 Å². The monoisotopic (exact) mass is 261 g/mol. The number of carboxylic acids is 1. The fourth-order valence-electron chi connectivity index (χ4n) is 1.40. The van der Waals surface area contributed by atoms with Crippen LogP contribution in [0.5, 0.6) is 0 Å². The van der Waals surface area contributed by atoms with Crippen molar-refractivity contribution in [2.45, 2.75) is 32.9 Å². The first kappa shape index (κ1) is 13.5. The molecule has 0 atom stereocenters. The lowest BCUT2D eigenvalue weighted by Crippen LogP contribution is -2.32. The summed E-state index contributed by atoms with van der Waals surface area (Å²) in [6.07, 6.45) is 0.178. The zero-order valence-electron chi connectivity index (χ0n) is 9.44. The summed E-state index contributed by atoms with van der Waals surface area (Å²) in [5, 5.41) is 8.67. The van der Waals surface area contributed by atoms with E-state index in [0.29, 0.717) is 12.6 Å². The molecule has 0 fully saturated rings. The van der Waals surface area contributed by atoms with Gasteiger partial charge in [0, 0.05) is 24.0 Å². The Kier molecular flexibility index (Phi) is 5.25. The molecular formula is C11H16ClNO2S. The first-order valence-electron chi connectivity index (χ1n) is 5.19. The second-order valence-corrected chi connectivity index (χ2v) is 5.71. The minimum Gasteiger partial charge on any atom is -0.481 e. The molecule has 0 unspecified atom stereocenters. The molecule has 1 aromatic heterocycles. The number of halogens is 1. The van der Waals surface area contributed by atoms with Crippen molar-refractivity contribution in [2.75, 3.05) is 6.54 Å². The summed E-state index contributed by atoms with van der Waals surface area (Å²) >= 11 is 7.40. The third-order valence-corrected chi connectivity index (χ3v) is 3.55. The highest BCUT2D eigenvalue weighted by molar-refractivity contribution is 7.16. The van der Waals surface area contributed by atoms with Crippen LogP contribution in [0.25, 0.3) is 0 Å². The van der Waals surface area contributed by atoms with Crippen molar-refractivity contribution in [3.8, 4) is 0 Å². The maximum Gasteiger partial charge on any atom is 0.304 e. The van der Waals surface area contributed by atoms with E-state index in [1.54, 1.807) is 11.3 Å². The van der Waals surface area contributed by atoms with Crippen molar-refractivity contribution in [3.05, 3.63) is 21.3 Å². The normalized spacial score (nSPS) is 11.3. The molecule has 0 bridgehead atoms. The van der Waals surface area contributed by atoms with E-state index in [1.165, 1.54) is 4.88 Å². The number of rotatable bonds is 6. The van der Waals surface area contributed by atoms with Gasteiger partial charge in [-0.1, -0.05) is 11.6 Å². The van der Waals surface area contributed by atoms with Crippen molar-refractivity contribution in [2.24, 2.45) is 0 Å². The van der Waals surface area contributed by atoms with Gasteiger partial charge in [-0.15, -0.1) is 11.3 Å². The Hall–Kier alpha value is -0.580. The largest absolute Gasteiger partial charge is 0.481 e. The van der Waals surface area contributed by atoms with Crippen LogP contribution >= 0.6 is 22.9 Å². The lowest BCUT2D eigenvalue weighted by atomic mass is 10.2. The number of hydrogen-bond donors (Lipinski definition) is 1. The Morgan fingerprint density at radius 3 is 2.69 bits per heavy atom. The number of carboxylic acid groups (broad SMARTS) is 1. The zero-order valence-corrected chi connectivity index (χ0v) is 11.0. The first-order chi connectivity index (χ1) is 7.49. The van der Waals surface area contributed by atoms with E-state index in [9.17, 15) is 4.79 Å². The highest BCUT2D eigenvalue weighted by Gasteiger charge is 2.12. The highest BCUT2D eigenvalue weighted by Crippen LogP contribution is 2.23. The Morgan fingerprint density at radius 1 is 1.56 bits per heavy atom. The minimum atomic E-state index is -0.755. The van der Waals surface area contributed by atoms with E-state index in [2.05, 4.69) is 18.7 Å². The van der Waals surface area contributed by atoms with Crippen LogP contribution in [-0.2, 0) is 11.3 Å². The van der Waals surface area contributed by atoms with Crippen LogP contribution in [0.4, 0.5) is 0 Å². The molecule has 0 radical (unpaired) electrons. The third kappa shape index (κ3) is 4.51. The molecule has 16 heavy (non-hydrogen) atoms. The van der Waals surface area contributed by atoms with Gasteiger partial charge in [-0.3, -0.25) is 9.69 Å². The van der Waals surface area contributed by atoms with Crippen LogP contribution in [-0.4, -0.2) is 28.6 Å². The predicted molar refractivity (Wildman–Crippen MR) is 67.1 cm³/mol. The number of carbonyl (C=O) groups is 1. The summed E-state index contributed by atoms with van der Waals surface area (Å²) in [6, 6.07) is 4.20. The van der Waals surface area contributed by atoms with Gasteiger partial charge in [0.15, 0.2) is 0 Å². The molecule has 0 aromatic carbocycles. The molecule has 0 aliphatic rings. The van der Waals surface area contributed by atoms with E-state index in [1.807, 2.05) is 12.1 Å². The Bertz CT molecular complexity index is 352. The lowest BCUT2D eigenvalue weighted by molar-refractivity contribution is -0.137. The van der Waals surface area contributed by atoms with E-state index < -0.39 is 5.97 Å². The predicted octanol–water partition coefficient (Wildman–Crippen LogP) is 3.09. The molecule has 3 nitrogen and oxygen atoms in total. The zero-order chi connectivity index (χ0) is 12.1. The molecule has 1 aromatic rings. The fourth-order valence-corrected chi connectivity index (χ4v) is 2.51. The van der Waals surface area contributed by atoms with Crippen molar-refractivity contribution >= 4 is 28.9 Å². The van der Waals surface area contributed by atoms with Gasteiger partial charge in [0.2, 0.25) is 0 Å². The van der Waals surface area contributed by atoms with Crippen LogP contribution < -0.4 is 0 Å². The van der Waals surface area contributed by atoms with Gasteiger partial charge >= 0.3 is 5.97 Å². The molecule has 0 saturated carbocycles. The summed E-state index contributed by atoms with van der Waals surface area (Å²) in [4.78, 5) is 13.8. The van der Waals surface area contributed by atoms with E-state index in [4.69, 9.17) is 16.7 Å². The number of aliphatic carboxylic acids is 1.